The topological polar surface area (TPSA) is 297 Å². The molecule has 0 aliphatic heterocycles. The lowest BCUT2D eigenvalue weighted by molar-refractivity contribution is -0.133. The Bertz CT molecular complexity index is 1520. The lowest BCUT2D eigenvalue weighted by Crippen LogP contribution is -2.57. The number of nitrogens with two attached hydrogens (primary N) is 3. The Morgan fingerprint density at radius 2 is 1.27 bits per heavy atom. The maximum Gasteiger partial charge on any atom is 0.243 e. The molecule has 284 valence electrons. The molecule has 0 aliphatic carbocycles. The lowest BCUT2D eigenvalue weighted by atomic mass is 10.0. The number of nitrogens with one attached hydrogen (secondary N) is 7. The Labute approximate surface area is 303 Å². The Morgan fingerprint density at radius 3 is 1.85 bits per heavy atom. The monoisotopic (exact) mass is 724 g/mol. The van der Waals surface area contributed by atoms with Gasteiger partial charge < -0.3 is 54.2 Å². The van der Waals surface area contributed by atoms with Crippen molar-refractivity contribution in [3.63, 3.8) is 0 Å². The molecule has 0 aliphatic rings. The number of guanidine groups is 1. The van der Waals surface area contributed by atoms with Crippen molar-refractivity contribution in [3.8, 4) is 5.75 Å². The van der Waals surface area contributed by atoms with E-state index < -0.39 is 72.2 Å². The second kappa shape index (κ2) is 21.5. The zero-order valence-electron chi connectivity index (χ0n) is 29.7. The second-order valence-electron chi connectivity index (χ2n) is 12.9. The molecule has 17 nitrogen and oxygen atoms in total. The van der Waals surface area contributed by atoms with Crippen LogP contribution in [-0.2, 0) is 41.6 Å². The Balaban J connectivity index is 2.05. The molecule has 52 heavy (non-hydrogen) atoms. The van der Waals surface area contributed by atoms with Gasteiger partial charge in [-0.15, -0.1) is 0 Å². The van der Waals surface area contributed by atoms with E-state index in [1.165, 1.54) is 19.1 Å². The average molecular weight is 725 g/mol. The van der Waals surface area contributed by atoms with Crippen molar-refractivity contribution >= 4 is 41.4 Å². The minimum Gasteiger partial charge on any atom is -0.508 e. The van der Waals surface area contributed by atoms with Crippen LogP contribution in [0.1, 0.15) is 51.2 Å². The third-order valence-corrected chi connectivity index (χ3v) is 7.83. The molecule has 0 saturated carbocycles. The van der Waals surface area contributed by atoms with Crippen molar-refractivity contribution in [2.75, 3.05) is 13.1 Å². The fraction of sp³-hybridized carbons (Fsp3) is 0.457. The normalized spacial score (nSPS) is 13.7. The van der Waals surface area contributed by atoms with Crippen molar-refractivity contribution in [2.24, 2.45) is 23.1 Å². The van der Waals surface area contributed by atoms with Crippen LogP contribution in [0.4, 0.5) is 0 Å². The number of benzene rings is 2. The van der Waals surface area contributed by atoms with E-state index in [-0.39, 0.29) is 36.9 Å². The standard InChI is InChI=1S/C35H52N10O7/c1-20(2)16-26(30(37)48)44-34(52)27(17-22-8-5-4-6-9-22)43-29(47)19-41-31(49)21(3)42-33(51)28(18-23-11-13-24(46)14-12-23)45-32(50)25(36)10-7-15-40-35(38)39/h4-6,8-9,11-14,20-21,25-28,46H,7,10,15-19,36H2,1-3H3,(H2,37,48)(H,41,49)(H,42,51)(H,43,47)(H,44,52)(H,45,50)(H4,38,39,40)/t21-,25+,26-,27+,28+/m1/s1. The summed E-state index contributed by atoms with van der Waals surface area (Å²) in [5.41, 5.74) is 18.1. The summed E-state index contributed by atoms with van der Waals surface area (Å²) in [5.74, 6) is -4.22. The summed E-state index contributed by atoms with van der Waals surface area (Å²) in [7, 11) is 0. The van der Waals surface area contributed by atoms with E-state index in [4.69, 9.17) is 22.6 Å². The van der Waals surface area contributed by atoms with Crippen LogP contribution in [0.2, 0.25) is 0 Å². The van der Waals surface area contributed by atoms with Gasteiger partial charge in [0.25, 0.3) is 0 Å². The quantitative estimate of drug-likeness (QED) is 0.0397. The van der Waals surface area contributed by atoms with Crippen LogP contribution in [0.5, 0.6) is 5.75 Å². The Kier molecular flexibility index (Phi) is 17.5. The third kappa shape index (κ3) is 15.9. The van der Waals surface area contributed by atoms with Gasteiger partial charge in [0, 0.05) is 19.4 Å². The van der Waals surface area contributed by atoms with Crippen LogP contribution < -0.4 is 49.1 Å². The summed E-state index contributed by atoms with van der Waals surface area (Å²) < 4.78 is 0. The molecule has 0 unspecified atom stereocenters. The van der Waals surface area contributed by atoms with Crippen LogP contribution in [0.25, 0.3) is 0 Å². The van der Waals surface area contributed by atoms with Gasteiger partial charge in [0.2, 0.25) is 35.4 Å². The Hall–Kier alpha value is -5.71. The molecule has 6 amide bonds. The van der Waals surface area contributed by atoms with E-state index >= 15 is 0 Å². The van der Waals surface area contributed by atoms with Crippen molar-refractivity contribution in [1.82, 2.24) is 31.9 Å². The summed E-state index contributed by atoms with van der Waals surface area (Å²) in [4.78, 5) is 77.4. The van der Waals surface area contributed by atoms with E-state index in [0.717, 1.165) is 5.56 Å². The zero-order valence-corrected chi connectivity index (χ0v) is 29.7. The van der Waals surface area contributed by atoms with Crippen molar-refractivity contribution in [2.45, 2.75) is 83.1 Å². The van der Waals surface area contributed by atoms with Gasteiger partial charge >= 0.3 is 0 Å². The number of amides is 6. The van der Waals surface area contributed by atoms with Crippen LogP contribution in [-0.4, -0.2) is 89.8 Å². The first-order chi connectivity index (χ1) is 24.5. The number of phenols is 1. The molecule has 0 saturated heterocycles. The van der Waals surface area contributed by atoms with E-state index in [0.29, 0.717) is 24.9 Å². The number of rotatable bonds is 21. The van der Waals surface area contributed by atoms with Gasteiger partial charge in [-0.2, -0.15) is 0 Å². The summed E-state index contributed by atoms with van der Waals surface area (Å²) in [6.07, 6.45) is 1.07. The summed E-state index contributed by atoms with van der Waals surface area (Å²) in [6, 6.07) is 9.58. The predicted molar refractivity (Wildman–Crippen MR) is 194 cm³/mol. The highest BCUT2D eigenvalue weighted by Crippen LogP contribution is 2.12. The molecule has 5 atom stereocenters. The maximum absolute atomic E-state index is 13.4. The summed E-state index contributed by atoms with van der Waals surface area (Å²) in [6.45, 7) is 4.93. The number of carbonyl (C=O) groups is 6. The highest BCUT2D eigenvalue weighted by molar-refractivity contribution is 5.95. The molecule has 2 aromatic carbocycles. The number of hydrogen-bond donors (Lipinski definition) is 11. The minimum absolute atomic E-state index is 0.00581. The zero-order chi connectivity index (χ0) is 38.8. The molecule has 0 heterocycles. The lowest BCUT2D eigenvalue weighted by Gasteiger charge is -2.24. The highest BCUT2D eigenvalue weighted by atomic mass is 16.3. The minimum atomic E-state index is -1.16. The van der Waals surface area contributed by atoms with Crippen LogP contribution >= 0.6 is 0 Å². The van der Waals surface area contributed by atoms with Crippen LogP contribution in [0.3, 0.4) is 0 Å². The molecule has 14 N–H and O–H groups in total. The van der Waals surface area contributed by atoms with E-state index in [1.54, 1.807) is 42.5 Å². The van der Waals surface area contributed by atoms with Crippen molar-refractivity contribution in [3.05, 3.63) is 65.7 Å². The number of carbonyl (C=O) groups excluding carboxylic acids is 6. The maximum atomic E-state index is 13.4. The average Bonchev–Trinajstić information content (AvgIpc) is 3.08. The molecule has 0 fully saturated rings. The first-order valence-electron chi connectivity index (χ1n) is 17.0. The van der Waals surface area contributed by atoms with Gasteiger partial charge in [0.05, 0.1) is 12.6 Å². The fourth-order valence-corrected chi connectivity index (χ4v) is 5.03. The van der Waals surface area contributed by atoms with Gasteiger partial charge in [-0.05, 0) is 55.4 Å². The Morgan fingerprint density at radius 1 is 0.712 bits per heavy atom. The molecule has 0 aromatic heterocycles. The molecule has 2 rings (SSSR count). The first kappa shape index (κ1) is 42.5. The highest BCUT2D eigenvalue weighted by Gasteiger charge is 2.29. The predicted octanol–water partition coefficient (Wildman–Crippen LogP) is -1.63. The van der Waals surface area contributed by atoms with E-state index in [9.17, 15) is 33.9 Å². The first-order valence-corrected chi connectivity index (χ1v) is 17.0. The summed E-state index contributed by atoms with van der Waals surface area (Å²) >= 11 is 0. The number of phenolic OH excluding ortho intramolecular Hbond substituents is 1. The number of hydrogen-bond acceptors (Lipinski definition) is 9. The molecule has 0 spiro atoms. The molecular formula is C35H52N10O7. The number of aromatic hydroxyl groups is 1. The van der Waals surface area contributed by atoms with Gasteiger partial charge in [-0.3, -0.25) is 34.2 Å². The second-order valence-corrected chi connectivity index (χ2v) is 12.9. The van der Waals surface area contributed by atoms with Crippen LogP contribution in [0, 0.1) is 11.3 Å². The summed E-state index contributed by atoms with van der Waals surface area (Å²) in [5, 5.41) is 32.3. The smallest absolute Gasteiger partial charge is 0.243 e. The number of primary amides is 1. The van der Waals surface area contributed by atoms with Gasteiger partial charge in [-0.1, -0.05) is 56.3 Å². The molecule has 2 aromatic rings. The van der Waals surface area contributed by atoms with Crippen LogP contribution in [0.15, 0.2) is 54.6 Å². The van der Waals surface area contributed by atoms with Gasteiger partial charge in [0.15, 0.2) is 5.96 Å². The largest absolute Gasteiger partial charge is 0.508 e. The molecule has 0 radical (unpaired) electrons. The molecule has 0 bridgehead atoms. The molecular weight excluding hydrogens is 672 g/mol. The third-order valence-electron chi connectivity index (χ3n) is 7.83. The van der Waals surface area contributed by atoms with Gasteiger partial charge in [-0.25, -0.2) is 0 Å². The van der Waals surface area contributed by atoms with Crippen molar-refractivity contribution in [1.29, 1.82) is 5.41 Å². The molecule has 17 heteroatoms. The fourth-order valence-electron chi connectivity index (χ4n) is 5.03. The SMILES string of the molecule is CC(C)C[C@@H](NC(=O)[C@H](Cc1ccccc1)NC(=O)CNC(=O)[C@@H](C)NC(=O)[C@H](Cc1ccc(O)cc1)NC(=O)[C@@H](N)CCCNC(=N)N)C(N)=O. The van der Waals surface area contributed by atoms with E-state index in [2.05, 4.69) is 31.9 Å². The van der Waals surface area contributed by atoms with Crippen molar-refractivity contribution < 1.29 is 33.9 Å². The van der Waals surface area contributed by atoms with E-state index in [1.807, 2.05) is 13.8 Å². The van der Waals surface area contributed by atoms with Gasteiger partial charge in [0.1, 0.15) is 29.9 Å².